The molecule has 1 aromatic rings. The summed E-state index contributed by atoms with van der Waals surface area (Å²) in [6.07, 6.45) is 2.70. The van der Waals surface area contributed by atoms with Crippen LogP contribution < -0.4 is 10.1 Å². The minimum atomic E-state index is 0.0447. The standard InChI is InChI=1S/C16H25NO3/c1-13-6-3-8-15(12-13)20-11-5-9-16(19)17-14(2)7-4-10-18/h3,6,8,12,14,18H,4-5,7,9-11H2,1-2H3,(H,17,19). The Bertz CT molecular complexity index is 406. The molecule has 0 fully saturated rings. The summed E-state index contributed by atoms with van der Waals surface area (Å²) in [5.74, 6) is 0.894. The molecule has 0 radical (unpaired) electrons. The molecule has 1 amide bonds. The van der Waals surface area contributed by atoms with E-state index in [4.69, 9.17) is 9.84 Å². The number of benzene rings is 1. The fourth-order valence-electron chi connectivity index (χ4n) is 1.94. The first kappa shape index (κ1) is 16.5. The van der Waals surface area contributed by atoms with E-state index in [9.17, 15) is 4.79 Å². The van der Waals surface area contributed by atoms with Crippen LogP contribution in [0, 0.1) is 6.92 Å². The minimum absolute atomic E-state index is 0.0447. The van der Waals surface area contributed by atoms with Crippen molar-refractivity contribution in [3.8, 4) is 5.75 Å². The summed E-state index contributed by atoms with van der Waals surface area (Å²) in [6, 6.07) is 8.00. The zero-order chi connectivity index (χ0) is 14.8. The van der Waals surface area contributed by atoms with Gasteiger partial charge in [-0.3, -0.25) is 4.79 Å². The van der Waals surface area contributed by atoms with Crippen molar-refractivity contribution in [2.75, 3.05) is 13.2 Å². The molecule has 1 aromatic carbocycles. The Balaban J connectivity index is 2.13. The Morgan fingerprint density at radius 3 is 2.90 bits per heavy atom. The molecule has 0 saturated carbocycles. The lowest BCUT2D eigenvalue weighted by Crippen LogP contribution is -2.32. The van der Waals surface area contributed by atoms with Gasteiger partial charge in [0, 0.05) is 19.1 Å². The van der Waals surface area contributed by atoms with E-state index >= 15 is 0 Å². The summed E-state index contributed by atoms with van der Waals surface area (Å²) in [4.78, 5) is 11.7. The molecule has 0 heterocycles. The van der Waals surface area contributed by atoms with Crippen LogP contribution in [-0.4, -0.2) is 30.3 Å². The highest BCUT2D eigenvalue weighted by molar-refractivity contribution is 5.76. The molecule has 0 aliphatic carbocycles. The number of hydrogen-bond acceptors (Lipinski definition) is 3. The molecule has 0 bridgehead atoms. The van der Waals surface area contributed by atoms with Crippen molar-refractivity contribution in [1.82, 2.24) is 5.32 Å². The summed E-state index contributed by atoms with van der Waals surface area (Å²) in [5, 5.41) is 11.6. The van der Waals surface area contributed by atoms with Crippen molar-refractivity contribution in [2.45, 2.75) is 45.6 Å². The number of rotatable bonds is 9. The van der Waals surface area contributed by atoms with Gasteiger partial charge in [-0.15, -0.1) is 0 Å². The molecular weight excluding hydrogens is 254 g/mol. The third kappa shape index (κ3) is 7.14. The van der Waals surface area contributed by atoms with Crippen LogP contribution in [0.4, 0.5) is 0 Å². The first-order valence-corrected chi connectivity index (χ1v) is 7.21. The second-order valence-corrected chi connectivity index (χ2v) is 5.10. The number of carbonyl (C=O) groups excluding carboxylic acids is 1. The number of aryl methyl sites for hydroxylation is 1. The quantitative estimate of drug-likeness (QED) is 0.683. The van der Waals surface area contributed by atoms with Crippen LogP contribution in [0.1, 0.15) is 38.2 Å². The van der Waals surface area contributed by atoms with Crippen LogP contribution in [-0.2, 0) is 4.79 Å². The van der Waals surface area contributed by atoms with E-state index in [1.807, 2.05) is 38.1 Å². The molecule has 20 heavy (non-hydrogen) atoms. The number of hydrogen-bond donors (Lipinski definition) is 2. The van der Waals surface area contributed by atoms with Crippen molar-refractivity contribution < 1.29 is 14.6 Å². The smallest absolute Gasteiger partial charge is 0.220 e. The molecule has 4 nitrogen and oxygen atoms in total. The zero-order valence-corrected chi connectivity index (χ0v) is 12.4. The molecule has 0 aliphatic rings. The fraction of sp³-hybridized carbons (Fsp3) is 0.562. The molecule has 1 atom stereocenters. The molecule has 0 aliphatic heterocycles. The van der Waals surface area contributed by atoms with Gasteiger partial charge in [-0.1, -0.05) is 12.1 Å². The number of amides is 1. The van der Waals surface area contributed by atoms with Crippen LogP contribution in [0.3, 0.4) is 0 Å². The molecule has 0 spiro atoms. The van der Waals surface area contributed by atoms with Gasteiger partial charge in [0.1, 0.15) is 5.75 Å². The van der Waals surface area contributed by atoms with Crippen molar-refractivity contribution in [3.05, 3.63) is 29.8 Å². The molecule has 4 heteroatoms. The fourth-order valence-corrected chi connectivity index (χ4v) is 1.94. The normalized spacial score (nSPS) is 11.9. The van der Waals surface area contributed by atoms with Gasteiger partial charge >= 0.3 is 0 Å². The highest BCUT2D eigenvalue weighted by atomic mass is 16.5. The molecule has 1 unspecified atom stereocenters. The summed E-state index contributed by atoms with van der Waals surface area (Å²) >= 11 is 0. The molecule has 1 rings (SSSR count). The van der Waals surface area contributed by atoms with Crippen LogP contribution in [0.25, 0.3) is 0 Å². The Morgan fingerprint density at radius 2 is 2.20 bits per heavy atom. The largest absolute Gasteiger partial charge is 0.494 e. The zero-order valence-electron chi connectivity index (χ0n) is 12.4. The highest BCUT2D eigenvalue weighted by Crippen LogP contribution is 2.12. The second kappa shape index (κ2) is 9.37. The van der Waals surface area contributed by atoms with Crippen LogP contribution in [0.2, 0.25) is 0 Å². The average molecular weight is 279 g/mol. The van der Waals surface area contributed by atoms with E-state index in [1.54, 1.807) is 0 Å². The summed E-state index contributed by atoms with van der Waals surface area (Å²) in [7, 11) is 0. The number of aliphatic hydroxyl groups excluding tert-OH is 1. The van der Waals surface area contributed by atoms with Crippen molar-refractivity contribution in [3.63, 3.8) is 0 Å². The number of carbonyl (C=O) groups is 1. The van der Waals surface area contributed by atoms with Gasteiger partial charge in [-0.05, 0) is 50.8 Å². The first-order chi connectivity index (χ1) is 9.61. The number of nitrogens with one attached hydrogen (secondary N) is 1. The van der Waals surface area contributed by atoms with Crippen LogP contribution in [0.5, 0.6) is 5.75 Å². The van der Waals surface area contributed by atoms with Crippen LogP contribution in [0.15, 0.2) is 24.3 Å². The lowest BCUT2D eigenvalue weighted by molar-refractivity contribution is -0.121. The van der Waals surface area contributed by atoms with Gasteiger partial charge < -0.3 is 15.2 Å². The van der Waals surface area contributed by atoms with Gasteiger partial charge in [-0.2, -0.15) is 0 Å². The highest BCUT2D eigenvalue weighted by Gasteiger charge is 2.06. The van der Waals surface area contributed by atoms with E-state index in [0.717, 1.165) is 24.2 Å². The number of aliphatic hydroxyl groups is 1. The van der Waals surface area contributed by atoms with E-state index in [2.05, 4.69) is 5.32 Å². The van der Waals surface area contributed by atoms with Crippen molar-refractivity contribution >= 4 is 5.91 Å². The number of ether oxygens (including phenoxy) is 1. The van der Waals surface area contributed by atoms with E-state index < -0.39 is 0 Å². The molecule has 2 N–H and O–H groups in total. The van der Waals surface area contributed by atoms with Gasteiger partial charge in [0.2, 0.25) is 5.91 Å². The minimum Gasteiger partial charge on any atom is -0.494 e. The average Bonchev–Trinajstić information content (AvgIpc) is 2.41. The lowest BCUT2D eigenvalue weighted by Gasteiger charge is -2.13. The van der Waals surface area contributed by atoms with Crippen molar-refractivity contribution in [2.24, 2.45) is 0 Å². The third-order valence-electron chi connectivity index (χ3n) is 3.01. The van der Waals surface area contributed by atoms with Crippen molar-refractivity contribution in [1.29, 1.82) is 0 Å². The summed E-state index contributed by atoms with van der Waals surface area (Å²) < 4.78 is 5.59. The Morgan fingerprint density at radius 1 is 1.40 bits per heavy atom. The molecule has 112 valence electrons. The monoisotopic (exact) mass is 279 g/mol. The topological polar surface area (TPSA) is 58.6 Å². The Labute approximate surface area is 121 Å². The third-order valence-corrected chi connectivity index (χ3v) is 3.01. The van der Waals surface area contributed by atoms with Gasteiger partial charge in [0.05, 0.1) is 6.61 Å². The lowest BCUT2D eigenvalue weighted by atomic mass is 10.2. The predicted molar refractivity (Wildman–Crippen MR) is 79.8 cm³/mol. The van der Waals surface area contributed by atoms with E-state index in [1.165, 1.54) is 0 Å². The molecule has 0 saturated heterocycles. The Hall–Kier alpha value is -1.55. The van der Waals surface area contributed by atoms with E-state index in [-0.39, 0.29) is 18.6 Å². The van der Waals surface area contributed by atoms with Gasteiger partial charge in [-0.25, -0.2) is 0 Å². The maximum atomic E-state index is 11.7. The Kier molecular flexibility index (Phi) is 7.73. The molecular formula is C16H25NO3. The predicted octanol–water partition coefficient (Wildman–Crippen LogP) is 2.43. The molecule has 0 aromatic heterocycles. The maximum absolute atomic E-state index is 11.7. The van der Waals surface area contributed by atoms with E-state index in [0.29, 0.717) is 19.4 Å². The van der Waals surface area contributed by atoms with Gasteiger partial charge in [0.25, 0.3) is 0 Å². The summed E-state index contributed by atoms with van der Waals surface area (Å²) in [6.45, 7) is 4.69. The van der Waals surface area contributed by atoms with Gasteiger partial charge in [0.15, 0.2) is 0 Å². The first-order valence-electron chi connectivity index (χ1n) is 7.21. The van der Waals surface area contributed by atoms with Crippen LogP contribution >= 0.6 is 0 Å². The maximum Gasteiger partial charge on any atom is 0.220 e. The summed E-state index contributed by atoms with van der Waals surface area (Å²) in [5.41, 5.74) is 1.16. The second-order valence-electron chi connectivity index (χ2n) is 5.10. The SMILES string of the molecule is Cc1cccc(OCCCC(=O)NC(C)CCCO)c1.